The first-order valence-corrected chi connectivity index (χ1v) is 29.2. The Kier molecular flexibility index (Phi) is 26.7. The van der Waals surface area contributed by atoms with Crippen molar-refractivity contribution in [2.75, 3.05) is 61.3 Å². The van der Waals surface area contributed by atoms with Gasteiger partial charge in [0.25, 0.3) is 0 Å². The highest BCUT2D eigenvalue weighted by Gasteiger charge is 2.44. The van der Waals surface area contributed by atoms with Gasteiger partial charge in [-0.2, -0.15) is 16.9 Å². The standard InChI is InChI=1S/C59H92N8O10S/c1-15-39(6)54(65(11)59(74)52(37(2)3)61-57(72)53(38(4)5)64(9)10)47(75-12)34-50(69)66-32-22-25-46(66)55(76-13)40(7)56(71)60-44(33-42-23-18-16-19-24-42)36-77-45-29-27-43(28-30-45)41(8)62-63-49(68)26-20-17-21-31-67-51(70)35-48(78-14)58(67)73/h16,18-19,23-24,27-30,37-40,44,46-48,52-55H,15,17,20-22,25-26,31-36H2,1-14H3,(H,60,71)(H,61,72)(H,63,68)/b62-41+/t39-,40+,44-,46-,47+,48?,52-,53-,54-,55+/m0/s1. The smallest absolute Gasteiger partial charge is 0.245 e. The Hall–Kier alpha value is -5.37. The van der Waals surface area contributed by atoms with Gasteiger partial charge in [0.1, 0.15) is 18.4 Å². The van der Waals surface area contributed by atoms with Crippen LogP contribution in [-0.2, 0) is 49.5 Å². The lowest BCUT2D eigenvalue weighted by Gasteiger charge is -2.41. The fourth-order valence-corrected chi connectivity index (χ4v) is 11.5. The Morgan fingerprint density at radius 2 is 1.54 bits per heavy atom. The minimum Gasteiger partial charge on any atom is -0.491 e. The third kappa shape index (κ3) is 18.3. The summed E-state index contributed by atoms with van der Waals surface area (Å²) in [6.45, 7) is 16.5. The van der Waals surface area contributed by atoms with E-state index in [1.54, 1.807) is 33.1 Å². The summed E-state index contributed by atoms with van der Waals surface area (Å²) < 4.78 is 18.5. The van der Waals surface area contributed by atoms with Crippen molar-refractivity contribution >= 4 is 58.8 Å². The Bertz CT molecular complexity index is 2290. The zero-order valence-corrected chi connectivity index (χ0v) is 49.9. The van der Waals surface area contributed by atoms with E-state index in [1.807, 2.05) is 133 Å². The van der Waals surface area contributed by atoms with Crippen LogP contribution in [-0.4, -0.2) is 176 Å². The van der Waals surface area contributed by atoms with Crippen LogP contribution in [0, 0.1) is 23.7 Å². The molecule has 18 nitrogen and oxygen atoms in total. The van der Waals surface area contributed by atoms with Crippen LogP contribution in [0.2, 0.25) is 0 Å². The van der Waals surface area contributed by atoms with Gasteiger partial charge in [0.05, 0.1) is 59.7 Å². The van der Waals surface area contributed by atoms with E-state index in [0.717, 1.165) is 24.0 Å². The number of nitrogens with zero attached hydrogens (tertiary/aromatic N) is 5. The Balaban J connectivity index is 1.38. The molecule has 0 saturated carbocycles. The summed E-state index contributed by atoms with van der Waals surface area (Å²) in [5.41, 5.74) is 5.03. The third-order valence-corrected chi connectivity index (χ3v) is 16.4. The molecule has 0 spiro atoms. The molecule has 0 bridgehead atoms. The predicted molar refractivity (Wildman–Crippen MR) is 307 cm³/mol. The van der Waals surface area contributed by atoms with Crippen LogP contribution in [0.25, 0.3) is 0 Å². The Labute approximate surface area is 469 Å². The van der Waals surface area contributed by atoms with Crippen molar-refractivity contribution in [1.82, 2.24) is 35.7 Å². The molecule has 3 N–H and O–H groups in total. The van der Waals surface area contributed by atoms with E-state index >= 15 is 0 Å². The number of ether oxygens (including phenoxy) is 3. The highest BCUT2D eigenvalue weighted by molar-refractivity contribution is 8.00. The quantitative estimate of drug-likeness (QED) is 0.0318. The lowest BCUT2D eigenvalue weighted by molar-refractivity contribution is -0.148. The van der Waals surface area contributed by atoms with Gasteiger partial charge < -0.3 is 34.6 Å². The second kappa shape index (κ2) is 32.0. The second-order valence-electron chi connectivity index (χ2n) is 22.1. The molecule has 78 heavy (non-hydrogen) atoms. The molecule has 2 aliphatic rings. The number of hydrogen-bond acceptors (Lipinski definition) is 13. The number of amides is 7. The van der Waals surface area contributed by atoms with E-state index in [4.69, 9.17) is 14.2 Å². The number of hydrogen-bond donors (Lipinski definition) is 3. The predicted octanol–water partition coefficient (Wildman–Crippen LogP) is 6.33. The van der Waals surface area contributed by atoms with Crippen molar-refractivity contribution in [1.29, 1.82) is 0 Å². The average molecular weight is 1110 g/mol. The van der Waals surface area contributed by atoms with Crippen molar-refractivity contribution in [3.8, 4) is 5.75 Å². The lowest BCUT2D eigenvalue weighted by Crippen LogP contribution is -2.59. The SMILES string of the molecule is CC[C@H](C)[C@@H]([C@@H](CC(=O)N1CCC[C@H]1[C@H](OC)[C@@H](C)C(=O)N[C@H](COc1ccc(/C(C)=N/NC(=O)CCCCCN2C(=O)CC(SC)C2=O)cc1)Cc1ccccc1)OC)N(C)C(=O)[C@@H](NC(=O)[C@H](C(C)C)N(C)C)C(C)C. The molecule has 2 fully saturated rings. The number of benzene rings is 2. The molecular formula is C59H92N8O10S. The average Bonchev–Trinajstić information content (AvgIpc) is 4.01. The number of likely N-dealkylation sites (tertiary alicyclic amines) is 2. The van der Waals surface area contributed by atoms with Crippen molar-refractivity contribution in [3.05, 3.63) is 65.7 Å². The summed E-state index contributed by atoms with van der Waals surface area (Å²) >= 11 is 1.40. The van der Waals surface area contributed by atoms with E-state index in [1.165, 1.54) is 16.7 Å². The van der Waals surface area contributed by atoms with E-state index in [-0.39, 0.29) is 96.3 Å². The molecule has 7 amide bonds. The number of nitrogens with one attached hydrogen (secondary N) is 3. The zero-order valence-electron chi connectivity index (χ0n) is 49.0. The van der Waals surface area contributed by atoms with Crippen LogP contribution in [0.4, 0.5) is 0 Å². The number of hydrazone groups is 1. The van der Waals surface area contributed by atoms with Crippen molar-refractivity contribution in [2.24, 2.45) is 28.8 Å². The van der Waals surface area contributed by atoms with Crippen LogP contribution >= 0.6 is 11.8 Å². The van der Waals surface area contributed by atoms with Gasteiger partial charge >= 0.3 is 0 Å². The molecule has 0 aliphatic carbocycles. The van der Waals surface area contributed by atoms with Gasteiger partial charge in [-0.25, -0.2) is 5.43 Å². The number of rotatable bonds is 32. The summed E-state index contributed by atoms with van der Waals surface area (Å²) in [6.07, 6.45) is 5.60. The first kappa shape index (κ1) is 65.2. The van der Waals surface area contributed by atoms with Crippen molar-refractivity contribution in [3.63, 3.8) is 0 Å². The largest absolute Gasteiger partial charge is 0.491 e. The summed E-state index contributed by atoms with van der Waals surface area (Å²) in [6, 6.07) is 14.7. The maximum Gasteiger partial charge on any atom is 0.245 e. The van der Waals surface area contributed by atoms with Crippen LogP contribution in [0.3, 0.4) is 0 Å². The first-order valence-electron chi connectivity index (χ1n) is 27.9. The van der Waals surface area contributed by atoms with Gasteiger partial charge in [-0.3, -0.25) is 43.4 Å². The first-order chi connectivity index (χ1) is 37.1. The molecule has 0 aromatic heterocycles. The highest BCUT2D eigenvalue weighted by Crippen LogP contribution is 2.30. The van der Waals surface area contributed by atoms with Gasteiger partial charge in [-0.1, -0.05) is 91.6 Å². The fourth-order valence-electron chi connectivity index (χ4n) is 10.9. The monoisotopic (exact) mass is 1100 g/mol. The Morgan fingerprint density at radius 1 is 0.859 bits per heavy atom. The summed E-state index contributed by atoms with van der Waals surface area (Å²) in [7, 11) is 8.58. The molecule has 10 atom stereocenters. The van der Waals surface area contributed by atoms with Gasteiger partial charge in [0.2, 0.25) is 41.4 Å². The van der Waals surface area contributed by atoms with E-state index in [9.17, 15) is 33.6 Å². The summed E-state index contributed by atoms with van der Waals surface area (Å²) in [4.78, 5) is 101. The number of methoxy groups -OCH3 is 2. The van der Waals surface area contributed by atoms with E-state index < -0.39 is 42.3 Å². The van der Waals surface area contributed by atoms with Crippen LogP contribution < -0.4 is 20.8 Å². The van der Waals surface area contributed by atoms with Crippen LogP contribution in [0.15, 0.2) is 59.7 Å². The highest BCUT2D eigenvalue weighted by atomic mass is 32.2. The van der Waals surface area contributed by atoms with Crippen LogP contribution in [0.5, 0.6) is 5.75 Å². The number of unbranched alkanes of at least 4 members (excludes halogenated alkanes) is 2. The normalized spacial score (nSPS) is 19.1. The molecule has 2 aromatic rings. The van der Waals surface area contributed by atoms with Crippen molar-refractivity contribution < 1.29 is 47.8 Å². The van der Waals surface area contributed by atoms with Crippen molar-refractivity contribution in [2.45, 2.75) is 167 Å². The molecule has 2 saturated heterocycles. The van der Waals surface area contributed by atoms with Gasteiger partial charge in [0, 0.05) is 47.2 Å². The molecule has 1 unspecified atom stereocenters. The lowest BCUT2D eigenvalue weighted by atomic mass is 9.89. The summed E-state index contributed by atoms with van der Waals surface area (Å²) in [5, 5.41) is 10.3. The topological polar surface area (TPSA) is 209 Å². The second-order valence-corrected chi connectivity index (χ2v) is 23.1. The number of imide groups is 1. The van der Waals surface area contributed by atoms with E-state index in [2.05, 4.69) is 21.2 Å². The molecule has 19 heteroatoms. The molecule has 0 radical (unpaired) electrons. The number of thioether (sulfide) groups is 1. The molecule has 434 valence electrons. The minimum atomic E-state index is -0.787. The molecule has 2 heterocycles. The maximum atomic E-state index is 14.5. The maximum absolute atomic E-state index is 14.5. The number of likely N-dealkylation sites (N-methyl/N-ethyl adjacent to an activating group) is 2. The van der Waals surface area contributed by atoms with Gasteiger partial charge in [-0.15, -0.1) is 0 Å². The third-order valence-electron chi connectivity index (χ3n) is 15.5. The Morgan fingerprint density at radius 3 is 2.12 bits per heavy atom. The van der Waals surface area contributed by atoms with Gasteiger partial charge in [0.15, 0.2) is 0 Å². The minimum absolute atomic E-state index is 0.00246. The number of carbonyl (C=O) groups is 7. The summed E-state index contributed by atoms with van der Waals surface area (Å²) in [5.74, 6) is -1.62. The van der Waals surface area contributed by atoms with Crippen LogP contribution in [0.1, 0.15) is 124 Å². The van der Waals surface area contributed by atoms with Gasteiger partial charge in [-0.05, 0) is 113 Å². The zero-order chi connectivity index (χ0) is 57.8. The number of carbonyl (C=O) groups excluding carboxylic acids is 7. The molecule has 2 aromatic carbocycles. The molecule has 2 aliphatic heterocycles. The molecule has 4 rings (SSSR count). The molecular weight excluding hydrogens is 1010 g/mol. The fraction of sp³-hybridized carbons (Fsp3) is 0.661. The van der Waals surface area contributed by atoms with E-state index in [0.29, 0.717) is 56.7 Å².